The molecule has 0 spiro atoms. The van der Waals surface area contributed by atoms with Crippen LogP contribution in [0.5, 0.6) is 0 Å². The zero-order valence-electron chi connectivity index (χ0n) is 17.2. The van der Waals surface area contributed by atoms with Crippen molar-refractivity contribution in [3.63, 3.8) is 0 Å². The van der Waals surface area contributed by atoms with Gasteiger partial charge < -0.3 is 10.5 Å². The van der Waals surface area contributed by atoms with Crippen LogP contribution in [-0.4, -0.2) is 47.4 Å². The molecule has 0 amide bonds. The number of hydrogen-bond acceptors (Lipinski definition) is 6. The maximum absolute atomic E-state index is 14.1. The van der Waals surface area contributed by atoms with Gasteiger partial charge in [-0.25, -0.2) is 17.2 Å². The molecule has 0 radical (unpaired) electrons. The Hall–Kier alpha value is -1.88. The average molecular weight is 401 g/mol. The molecular weight excluding hydrogens is 378 g/mol. The summed E-state index contributed by atoms with van der Waals surface area (Å²) in [5.41, 5.74) is 7.35. The Morgan fingerprint density at radius 1 is 1.37 bits per heavy atom. The number of ether oxygens (including phenoxy) is 1. The smallest absolute Gasteiger partial charge is 0.250 e. The van der Waals surface area contributed by atoms with Crippen LogP contribution >= 0.6 is 0 Å². The average Bonchev–Trinajstić information content (AvgIpc) is 3.22. The summed E-state index contributed by atoms with van der Waals surface area (Å²) in [6.07, 6.45) is -2.29. The Balaban J connectivity index is 1.44. The van der Waals surface area contributed by atoms with Crippen LogP contribution in [0.2, 0.25) is 0 Å². The molecule has 0 aliphatic carbocycles. The van der Waals surface area contributed by atoms with Crippen LogP contribution in [0.15, 0.2) is 24.4 Å². The molecule has 4 rings (SSSR count). The van der Waals surface area contributed by atoms with Crippen molar-refractivity contribution in [1.29, 1.82) is 0 Å². The third-order valence-corrected chi connectivity index (χ3v) is 5.69. The van der Waals surface area contributed by atoms with E-state index in [1.54, 1.807) is 0 Å². The van der Waals surface area contributed by atoms with Gasteiger partial charge in [0.1, 0.15) is 17.7 Å². The van der Waals surface area contributed by atoms with Crippen molar-refractivity contribution in [1.82, 2.24) is 14.1 Å². The van der Waals surface area contributed by atoms with Crippen LogP contribution in [0.25, 0.3) is 0 Å². The highest BCUT2D eigenvalue weighted by molar-refractivity contribution is 7.89. The fourth-order valence-electron chi connectivity index (χ4n) is 3.69. The number of fused-ring (bicyclic) bond motifs is 1. The van der Waals surface area contributed by atoms with E-state index in [0.29, 0.717) is 34.9 Å². The maximum Gasteiger partial charge on any atom is 0.250 e. The SMILES string of the molecule is [2H]C([2H])([2H])S(=O)(=O)n1cc2c(n1)CN(C1CO[C@H](c3cc(F)ccc3F)[C@@H](N)C1)C2. The van der Waals surface area contributed by atoms with Crippen molar-refractivity contribution >= 4 is 10.0 Å². The molecule has 1 aromatic heterocycles. The Bertz CT molecular complexity index is 1050. The maximum atomic E-state index is 14.1. The van der Waals surface area contributed by atoms with Gasteiger partial charge in [-0.1, -0.05) is 0 Å². The van der Waals surface area contributed by atoms with Gasteiger partial charge in [0.2, 0.25) is 0 Å². The number of halogens is 2. The number of aromatic nitrogens is 2. The topological polar surface area (TPSA) is 90.5 Å². The minimum atomic E-state index is -4.57. The molecule has 2 aliphatic rings. The number of benzene rings is 1. The Labute approximate surface area is 160 Å². The highest BCUT2D eigenvalue weighted by Gasteiger charge is 2.37. The van der Waals surface area contributed by atoms with Crippen LogP contribution in [0, 0.1) is 11.6 Å². The van der Waals surface area contributed by atoms with Crippen molar-refractivity contribution < 1.29 is 26.0 Å². The number of rotatable bonds is 3. The third-order valence-electron chi connectivity index (χ3n) is 5.01. The molecule has 1 saturated heterocycles. The lowest BCUT2D eigenvalue weighted by atomic mass is 9.93. The predicted octanol–water partition coefficient (Wildman–Crippen LogP) is 1.14. The number of hydrogen-bond donors (Lipinski definition) is 1. The van der Waals surface area contributed by atoms with E-state index < -0.39 is 40.0 Å². The zero-order chi connectivity index (χ0) is 21.8. The molecule has 2 aromatic rings. The first kappa shape index (κ1) is 15.1. The lowest BCUT2D eigenvalue weighted by molar-refractivity contribution is -0.0533. The highest BCUT2D eigenvalue weighted by atomic mass is 32.2. The lowest BCUT2D eigenvalue weighted by Crippen LogP contribution is -2.47. The summed E-state index contributed by atoms with van der Waals surface area (Å²) in [5.74, 6) is -1.15. The van der Waals surface area contributed by atoms with E-state index in [2.05, 4.69) is 5.10 Å². The Morgan fingerprint density at radius 3 is 2.89 bits per heavy atom. The van der Waals surface area contributed by atoms with Crippen LogP contribution in [0.3, 0.4) is 0 Å². The van der Waals surface area contributed by atoms with Crippen molar-refractivity contribution in [2.45, 2.75) is 37.7 Å². The second-order valence-electron chi connectivity index (χ2n) is 6.86. The molecule has 10 heteroatoms. The second kappa shape index (κ2) is 6.62. The monoisotopic (exact) mass is 401 g/mol. The fourth-order valence-corrected chi connectivity index (χ4v) is 4.16. The largest absolute Gasteiger partial charge is 0.370 e. The molecule has 27 heavy (non-hydrogen) atoms. The minimum absolute atomic E-state index is 0.0804. The van der Waals surface area contributed by atoms with E-state index in [1.807, 2.05) is 4.90 Å². The Morgan fingerprint density at radius 2 is 2.19 bits per heavy atom. The molecule has 0 saturated carbocycles. The molecule has 1 aromatic carbocycles. The summed E-state index contributed by atoms with van der Waals surface area (Å²) < 4.78 is 79.4. The van der Waals surface area contributed by atoms with Crippen LogP contribution in [0.1, 0.15) is 33.5 Å². The van der Waals surface area contributed by atoms with Gasteiger partial charge in [0.25, 0.3) is 10.0 Å². The third kappa shape index (κ3) is 3.49. The van der Waals surface area contributed by atoms with Crippen molar-refractivity contribution in [3.8, 4) is 0 Å². The summed E-state index contributed by atoms with van der Waals surface area (Å²) in [6, 6.07) is 2.46. The summed E-state index contributed by atoms with van der Waals surface area (Å²) in [4.78, 5) is 1.99. The van der Waals surface area contributed by atoms with E-state index in [9.17, 15) is 17.2 Å². The van der Waals surface area contributed by atoms with Crippen molar-refractivity contribution in [2.75, 3.05) is 12.8 Å². The molecule has 3 atom stereocenters. The van der Waals surface area contributed by atoms with E-state index in [0.717, 1.165) is 18.2 Å². The van der Waals surface area contributed by atoms with E-state index in [1.165, 1.54) is 6.20 Å². The number of nitrogens with zero attached hydrogens (tertiary/aromatic N) is 3. The van der Waals surface area contributed by atoms with Crippen LogP contribution in [-0.2, 0) is 27.8 Å². The van der Waals surface area contributed by atoms with Gasteiger partial charge in [-0.05, 0) is 24.6 Å². The predicted molar refractivity (Wildman–Crippen MR) is 93.1 cm³/mol. The van der Waals surface area contributed by atoms with E-state index in [4.69, 9.17) is 14.6 Å². The summed E-state index contributed by atoms with van der Waals surface area (Å²) in [7, 11) is -4.57. The first-order valence-electron chi connectivity index (χ1n) is 9.86. The van der Waals surface area contributed by atoms with Crippen LogP contribution in [0.4, 0.5) is 8.78 Å². The van der Waals surface area contributed by atoms with Gasteiger partial charge in [0.05, 0.1) is 18.5 Å². The molecule has 2 aliphatic heterocycles. The minimum Gasteiger partial charge on any atom is -0.370 e. The molecule has 2 N–H and O–H groups in total. The first-order chi connectivity index (χ1) is 14.0. The molecule has 146 valence electrons. The second-order valence-corrected chi connectivity index (χ2v) is 8.18. The normalized spacial score (nSPS) is 28.4. The van der Waals surface area contributed by atoms with Gasteiger partial charge in [0.15, 0.2) is 0 Å². The van der Waals surface area contributed by atoms with E-state index >= 15 is 0 Å². The summed E-state index contributed by atoms with van der Waals surface area (Å²) >= 11 is 0. The summed E-state index contributed by atoms with van der Waals surface area (Å²) in [6.45, 7) is 0.885. The molecule has 3 heterocycles. The zero-order valence-corrected chi connectivity index (χ0v) is 15.0. The van der Waals surface area contributed by atoms with Gasteiger partial charge in [-0.3, -0.25) is 4.90 Å². The van der Waals surface area contributed by atoms with Crippen LogP contribution < -0.4 is 5.73 Å². The lowest BCUT2D eigenvalue weighted by Gasteiger charge is -2.38. The molecule has 0 bridgehead atoms. The molecule has 1 fully saturated rings. The highest BCUT2D eigenvalue weighted by Crippen LogP contribution is 2.34. The van der Waals surface area contributed by atoms with Gasteiger partial charge in [0, 0.05) is 46.6 Å². The fraction of sp³-hybridized carbons (Fsp3) is 0.471. The van der Waals surface area contributed by atoms with Gasteiger partial charge in [-0.2, -0.15) is 9.19 Å². The summed E-state index contributed by atoms with van der Waals surface area (Å²) in [5, 5.41) is 3.94. The van der Waals surface area contributed by atoms with Crippen molar-refractivity contribution in [3.05, 3.63) is 52.9 Å². The Kier molecular flexibility index (Phi) is 3.70. The number of nitrogens with two attached hydrogens (primary N) is 1. The standard InChI is InChI=1S/C17H20F2N4O3S/c1-27(24,25)23-7-10-6-22(8-16(10)21-23)12-5-15(20)17(26-9-12)13-4-11(18)2-3-14(13)19/h2-4,7,12,15,17H,5-6,8-9,20H2,1H3/t12?,15-,17+/m0/s1/i1D3. The van der Waals surface area contributed by atoms with Gasteiger partial charge >= 0.3 is 0 Å². The molecule has 7 nitrogen and oxygen atoms in total. The van der Waals surface area contributed by atoms with Crippen molar-refractivity contribution in [2.24, 2.45) is 5.73 Å². The molecular formula is C17H20F2N4O3S. The van der Waals surface area contributed by atoms with Gasteiger partial charge in [-0.15, -0.1) is 0 Å². The molecule has 1 unspecified atom stereocenters. The van der Waals surface area contributed by atoms with E-state index in [-0.39, 0.29) is 18.2 Å². The first-order valence-corrected chi connectivity index (χ1v) is 9.80. The quantitative estimate of drug-likeness (QED) is 0.830.